The standard InChI is InChI=1S/C32H29ClF2N6O/c1-3-41-30-21(15-26(31(41)42)25-8-6-20(16-27(25)33)24-5-4-12-36-29(24)35)18-37-32(39-30)38-22-7-9-23(28(34)17-22)19-10-13-40(2)14-11-19/h4-9,12,15-19H,3,10-11,13-14H2,1-2H3,(H,37,38,39). The fourth-order valence-electron chi connectivity index (χ4n) is 5.59. The molecule has 214 valence electrons. The average Bonchev–Trinajstić information content (AvgIpc) is 2.98. The molecule has 1 fully saturated rings. The number of hydrogen-bond acceptors (Lipinski definition) is 6. The Morgan fingerprint density at radius 2 is 1.81 bits per heavy atom. The van der Waals surface area contributed by atoms with Crippen molar-refractivity contribution in [3.8, 4) is 22.3 Å². The van der Waals surface area contributed by atoms with E-state index in [9.17, 15) is 9.18 Å². The van der Waals surface area contributed by atoms with Crippen LogP contribution in [0.2, 0.25) is 5.02 Å². The van der Waals surface area contributed by atoms with Gasteiger partial charge in [0.15, 0.2) is 0 Å². The van der Waals surface area contributed by atoms with Gasteiger partial charge in [-0.25, -0.2) is 14.4 Å². The lowest BCUT2D eigenvalue weighted by Crippen LogP contribution is -2.29. The highest BCUT2D eigenvalue weighted by Crippen LogP contribution is 2.33. The van der Waals surface area contributed by atoms with Crippen LogP contribution in [0.4, 0.5) is 20.4 Å². The molecule has 0 spiro atoms. The van der Waals surface area contributed by atoms with Crippen LogP contribution in [0.15, 0.2) is 71.8 Å². The van der Waals surface area contributed by atoms with Gasteiger partial charge in [0.25, 0.3) is 5.56 Å². The molecule has 4 heterocycles. The van der Waals surface area contributed by atoms with E-state index in [0.717, 1.165) is 31.5 Å². The van der Waals surface area contributed by atoms with Crippen molar-refractivity contribution in [3.63, 3.8) is 0 Å². The summed E-state index contributed by atoms with van der Waals surface area (Å²) in [5.74, 6) is -0.386. The first-order valence-corrected chi connectivity index (χ1v) is 14.3. The van der Waals surface area contributed by atoms with Crippen LogP contribution >= 0.6 is 11.6 Å². The number of piperidine rings is 1. The molecular weight excluding hydrogens is 558 g/mol. The molecule has 0 saturated carbocycles. The van der Waals surface area contributed by atoms with E-state index in [2.05, 4.69) is 32.2 Å². The maximum atomic E-state index is 15.1. The van der Waals surface area contributed by atoms with E-state index in [1.807, 2.05) is 19.1 Å². The van der Waals surface area contributed by atoms with Crippen LogP contribution in [0.5, 0.6) is 0 Å². The van der Waals surface area contributed by atoms with Gasteiger partial charge in [0.1, 0.15) is 11.5 Å². The van der Waals surface area contributed by atoms with E-state index in [-0.39, 0.29) is 23.2 Å². The Hall–Kier alpha value is -4.21. The summed E-state index contributed by atoms with van der Waals surface area (Å²) in [6.45, 7) is 4.13. The van der Waals surface area contributed by atoms with Gasteiger partial charge in [-0.05, 0) is 93.3 Å². The first-order valence-electron chi connectivity index (χ1n) is 13.9. The minimum atomic E-state index is -0.599. The molecule has 10 heteroatoms. The third kappa shape index (κ3) is 5.37. The molecule has 0 amide bonds. The summed E-state index contributed by atoms with van der Waals surface area (Å²) < 4.78 is 30.8. The Kier molecular flexibility index (Phi) is 7.70. The summed E-state index contributed by atoms with van der Waals surface area (Å²) in [5, 5.41) is 4.03. The van der Waals surface area contributed by atoms with Gasteiger partial charge in [-0.15, -0.1) is 0 Å². The molecule has 0 atom stereocenters. The predicted octanol–water partition coefficient (Wildman–Crippen LogP) is 7.02. The fraction of sp³-hybridized carbons (Fsp3) is 0.250. The molecule has 0 radical (unpaired) electrons. The molecule has 42 heavy (non-hydrogen) atoms. The largest absolute Gasteiger partial charge is 0.324 e. The summed E-state index contributed by atoms with van der Waals surface area (Å²) in [4.78, 5) is 28.6. The van der Waals surface area contributed by atoms with Gasteiger partial charge in [-0.1, -0.05) is 29.8 Å². The molecule has 1 aliphatic heterocycles. The Morgan fingerprint density at radius 3 is 2.52 bits per heavy atom. The van der Waals surface area contributed by atoms with Gasteiger partial charge in [-0.3, -0.25) is 9.36 Å². The Balaban J connectivity index is 1.30. The molecule has 0 aliphatic carbocycles. The lowest BCUT2D eigenvalue weighted by molar-refractivity contribution is 0.253. The second-order valence-electron chi connectivity index (χ2n) is 10.6. The van der Waals surface area contributed by atoms with Crippen molar-refractivity contribution in [2.75, 3.05) is 25.5 Å². The highest BCUT2D eigenvalue weighted by molar-refractivity contribution is 6.33. The van der Waals surface area contributed by atoms with Crippen molar-refractivity contribution in [2.45, 2.75) is 32.2 Å². The number of likely N-dealkylation sites (tertiary alicyclic amines) is 1. The number of halogens is 3. The van der Waals surface area contributed by atoms with E-state index in [4.69, 9.17) is 11.6 Å². The van der Waals surface area contributed by atoms with E-state index in [1.165, 1.54) is 12.3 Å². The lowest BCUT2D eigenvalue weighted by atomic mass is 9.89. The van der Waals surface area contributed by atoms with Gasteiger partial charge in [0, 0.05) is 51.7 Å². The van der Waals surface area contributed by atoms with Crippen LogP contribution in [0.3, 0.4) is 0 Å². The molecular formula is C32H29ClF2N6O. The Morgan fingerprint density at radius 1 is 1.00 bits per heavy atom. The maximum absolute atomic E-state index is 15.1. The SMILES string of the molecule is CCn1c(=O)c(-c2ccc(-c3cccnc3F)cc2Cl)cc2cnc(Nc3ccc(C4CCN(C)CC4)c(F)c3)nc21. The second kappa shape index (κ2) is 11.6. The molecule has 0 bridgehead atoms. The normalized spacial score (nSPS) is 14.4. The smallest absolute Gasteiger partial charge is 0.260 e. The van der Waals surface area contributed by atoms with Crippen molar-refractivity contribution >= 4 is 34.3 Å². The van der Waals surface area contributed by atoms with Crippen molar-refractivity contribution in [1.29, 1.82) is 0 Å². The molecule has 5 aromatic rings. The zero-order valence-corrected chi connectivity index (χ0v) is 24.0. The van der Waals surface area contributed by atoms with Crippen LogP contribution in [-0.2, 0) is 6.54 Å². The predicted molar refractivity (Wildman–Crippen MR) is 162 cm³/mol. The molecule has 3 aromatic heterocycles. The molecule has 1 N–H and O–H groups in total. The number of fused-ring (bicyclic) bond motifs is 1. The van der Waals surface area contributed by atoms with Gasteiger partial charge < -0.3 is 10.2 Å². The number of aromatic nitrogens is 4. The first-order chi connectivity index (χ1) is 20.3. The Labute approximate surface area is 246 Å². The number of nitrogens with zero attached hydrogens (tertiary/aromatic N) is 5. The van der Waals surface area contributed by atoms with Gasteiger partial charge in [-0.2, -0.15) is 9.37 Å². The summed E-state index contributed by atoms with van der Waals surface area (Å²) in [5.41, 5.74) is 3.20. The van der Waals surface area contributed by atoms with Gasteiger partial charge in [0.05, 0.1) is 0 Å². The monoisotopic (exact) mass is 586 g/mol. The summed E-state index contributed by atoms with van der Waals surface area (Å²) in [7, 11) is 2.09. The molecule has 2 aromatic carbocycles. The number of hydrogen-bond donors (Lipinski definition) is 1. The van der Waals surface area contributed by atoms with E-state index >= 15 is 4.39 Å². The van der Waals surface area contributed by atoms with Crippen molar-refractivity contribution in [1.82, 2.24) is 24.4 Å². The number of rotatable bonds is 6. The Bertz CT molecular complexity index is 1850. The number of benzene rings is 2. The quantitative estimate of drug-likeness (QED) is 0.215. The third-order valence-corrected chi connectivity index (χ3v) is 8.20. The number of nitrogens with one attached hydrogen (secondary N) is 1. The van der Waals surface area contributed by atoms with Crippen molar-refractivity contribution < 1.29 is 8.78 Å². The number of pyridine rings is 2. The van der Waals surface area contributed by atoms with Gasteiger partial charge in [0.2, 0.25) is 11.9 Å². The highest BCUT2D eigenvalue weighted by Gasteiger charge is 2.22. The van der Waals surface area contributed by atoms with E-state index in [0.29, 0.717) is 50.5 Å². The zero-order chi connectivity index (χ0) is 29.4. The minimum Gasteiger partial charge on any atom is -0.324 e. The minimum absolute atomic E-state index is 0.210. The summed E-state index contributed by atoms with van der Waals surface area (Å²) in [6, 6.07) is 15.1. The zero-order valence-electron chi connectivity index (χ0n) is 23.2. The van der Waals surface area contributed by atoms with Gasteiger partial charge >= 0.3 is 0 Å². The van der Waals surface area contributed by atoms with Crippen molar-refractivity contribution in [2.24, 2.45) is 0 Å². The molecule has 0 unspecified atom stereocenters. The lowest BCUT2D eigenvalue weighted by Gasteiger charge is -2.29. The topological polar surface area (TPSA) is 75.9 Å². The summed E-state index contributed by atoms with van der Waals surface area (Å²) >= 11 is 6.62. The molecule has 1 saturated heterocycles. The molecule has 1 aliphatic rings. The average molecular weight is 587 g/mol. The van der Waals surface area contributed by atoms with E-state index in [1.54, 1.807) is 47.2 Å². The van der Waals surface area contributed by atoms with Crippen molar-refractivity contribution in [3.05, 3.63) is 99.7 Å². The maximum Gasteiger partial charge on any atom is 0.260 e. The second-order valence-corrected chi connectivity index (χ2v) is 11.0. The fourth-order valence-corrected chi connectivity index (χ4v) is 5.87. The van der Waals surface area contributed by atoms with Crippen LogP contribution in [0.25, 0.3) is 33.3 Å². The van der Waals surface area contributed by atoms with E-state index < -0.39 is 5.95 Å². The number of aryl methyl sites for hydroxylation is 1. The van der Waals surface area contributed by atoms with Crippen LogP contribution in [-0.4, -0.2) is 44.6 Å². The van der Waals surface area contributed by atoms with Crippen LogP contribution in [0.1, 0.15) is 31.2 Å². The third-order valence-electron chi connectivity index (χ3n) is 7.89. The van der Waals surface area contributed by atoms with Crippen LogP contribution < -0.4 is 10.9 Å². The highest BCUT2D eigenvalue weighted by atomic mass is 35.5. The summed E-state index contributed by atoms with van der Waals surface area (Å²) in [6.07, 6.45) is 4.87. The molecule has 6 rings (SSSR count). The first kappa shape index (κ1) is 27.9. The number of anilines is 2. The van der Waals surface area contributed by atoms with Crippen LogP contribution in [0, 0.1) is 11.8 Å². The molecule has 7 nitrogen and oxygen atoms in total.